The number of rotatable bonds is 7. The third-order valence-corrected chi connectivity index (χ3v) is 5.91. The van der Waals surface area contributed by atoms with Crippen molar-refractivity contribution in [1.82, 2.24) is 5.32 Å². The van der Waals surface area contributed by atoms with Gasteiger partial charge in [-0.15, -0.1) is 0 Å². The van der Waals surface area contributed by atoms with Gasteiger partial charge in [-0.05, 0) is 34.7 Å². The largest absolute Gasteiger partial charge is 0.478 e. The number of carboxylic acids is 1. The maximum Gasteiger partial charge on any atom is 0.407 e. The molecule has 1 aliphatic carbocycles. The highest BCUT2D eigenvalue weighted by molar-refractivity contribution is 5.98. The van der Waals surface area contributed by atoms with Gasteiger partial charge in [0.25, 0.3) is 0 Å². The van der Waals surface area contributed by atoms with E-state index in [4.69, 9.17) is 9.84 Å². The highest BCUT2D eigenvalue weighted by Crippen LogP contribution is 2.44. The first-order chi connectivity index (χ1) is 16.8. The van der Waals surface area contributed by atoms with Crippen LogP contribution in [0.2, 0.25) is 0 Å². The lowest BCUT2D eigenvalue weighted by molar-refractivity contribution is -0.118. The Labute approximate surface area is 199 Å². The first-order valence-electron chi connectivity index (χ1n) is 10.9. The number of fused-ring (bicyclic) bond motifs is 3. The lowest BCUT2D eigenvalue weighted by atomic mass is 9.98. The number of hydrogen-bond acceptors (Lipinski definition) is 4. The fourth-order valence-corrected chi connectivity index (χ4v) is 4.16. The number of anilines is 1. The van der Waals surface area contributed by atoms with Gasteiger partial charge in [-0.1, -0.05) is 55.5 Å². The summed E-state index contributed by atoms with van der Waals surface area (Å²) < 4.78 is 33.1. The average molecular weight is 480 g/mol. The van der Waals surface area contributed by atoms with Gasteiger partial charge in [0.1, 0.15) is 24.3 Å². The van der Waals surface area contributed by atoms with E-state index in [1.807, 2.05) is 48.5 Å². The molecular formula is C26H22F2N2O5. The minimum atomic E-state index is -1.61. The summed E-state index contributed by atoms with van der Waals surface area (Å²) in [4.78, 5) is 36.2. The number of nitrogens with one attached hydrogen (secondary N) is 2. The molecule has 7 nitrogen and oxygen atoms in total. The molecule has 2 amide bonds. The van der Waals surface area contributed by atoms with Crippen LogP contribution in [0, 0.1) is 11.6 Å². The van der Waals surface area contributed by atoms with Crippen molar-refractivity contribution in [2.24, 2.45) is 0 Å². The van der Waals surface area contributed by atoms with Crippen LogP contribution >= 0.6 is 0 Å². The van der Waals surface area contributed by atoms with Crippen LogP contribution in [-0.2, 0) is 9.53 Å². The van der Waals surface area contributed by atoms with Crippen LogP contribution in [0.25, 0.3) is 11.1 Å². The van der Waals surface area contributed by atoms with Crippen molar-refractivity contribution in [2.75, 3.05) is 11.9 Å². The van der Waals surface area contributed by atoms with Crippen LogP contribution in [0.1, 0.15) is 40.7 Å². The number of carbonyl (C=O) groups excluding carboxylic acids is 2. The van der Waals surface area contributed by atoms with Gasteiger partial charge in [0.2, 0.25) is 5.91 Å². The van der Waals surface area contributed by atoms with E-state index in [1.165, 1.54) is 0 Å². The minimum absolute atomic E-state index is 0.0481. The van der Waals surface area contributed by atoms with Gasteiger partial charge in [0.05, 0.1) is 11.3 Å². The number of carboxylic acid groups (broad SMARTS) is 1. The quantitative estimate of drug-likeness (QED) is 0.445. The van der Waals surface area contributed by atoms with Crippen LogP contribution in [0.4, 0.5) is 19.3 Å². The molecule has 0 bridgehead atoms. The monoisotopic (exact) mass is 480 g/mol. The number of ether oxygens (including phenoxy) is 1. The molecule has 1 atom stereocenters. The number of aromatic carboxylic acids is 1. The van der Waals surface area contributed by atoms with E-state index in [9.17, 15) is 23.2 Å². The van der Waals surface area contributed by atoms with Gasteiger partial charge < -0.3 is 20.5 Å². The van der Waals surface area contributed by atoms with Crippen molar-refractivity contribution in [3.63, 3.8) is 0 Å². The number of halogens is 2. The predicted octanol–water partition coefficient (Wildman–Crippen LogP) is 4.92. The second kappa shape index (κ2) is 9.92. The number of amides is 2. The van der Waals surface area contributed by atoms with E-state index in [1.54, 1.807) is 6.92 Å². The average Bonchev–Trinajstić information content (AvgIpc) is 3.16. The van der Waals surface area contributed by atoms with Crippen molar-refractivity contribution in [3.8, 4) is 11.1 Å². The van der Waals surface area contributed by atoms with Crippen molar-refractivity contribution in [1.29, 1.82) is 0 Å². The molecule has 35 heavy (non-hydrogen) atoms. The molecule has 0 fully saturated rings. The van der Waals surface area contributed by atoms with E-state index in [0.29, 0.717) is 12.1 Å². The molecule has 0 heterocycles. The molecule has 0 unspecified atom stereocenters. The first-order valence-corrected chi connectivity index (χ1v) is 10.9. The molecule has 0 spiro atoms. The topological polar surface area (TPSA) is 105 Å². The van der Waals surface area contributed by atoms with Crippen molar-refractivity contribution >= 4 is 23.7 Å². The van der Waals surface area contributed by atoms with Crippen molar-refractivity contribution in [2.45, 2.75) is 25.3 Å². The van der Waals surface area contributed by atoms with Crippen LogP contribution in [0.3, 0.4) is 0 Å². The third kappa shape index (κ3) is 4.84. The van der Waals surface area contributed by atoms with Crippen LogP contribution in [-0.4, -0.2) is 35.7 Å². The molecule has 0 saturated heterocycles. The summed E-state index contributed by atoms with van der Waals surface area (Å²) in [6.45, 7) is 1.67. The molecule has 0 saturated carbocycles. The van der Waals surface area contributed by atoms with Gasteiger partial charge in [-0.3, -0.25) is 4.79 Å². The van der Waals surface area contributed by atoms with Crippen LogP contribution in [0.5, 0.6) is 0 Å². The fraction of sp³-hybridized carbons (Fsp3) is 0.192. The van der Waals surface area contributed by atoms with Gasteiger partial charge in [0, 0.05) is 12.0 Å². The van der Waals surface area contributed by atoms with Crippen molar-refractivity contribution < 1.29 is 33.0 Å². The predicted molar refractivity (Wildman–Crippen MR) is 124 cm³/mol. The maximum atomic E-state index is 14.1. The molecule has 0 aromatic heterocycles. The Bertz CT molecular complexity index is 1270. The Hall–Kier alpha value is -4.27. The Morgan fingerprint density at radius 3 is 2.14 bits per heavy atom. The summed E-state index contributed by atoms with van der Waals surface area (Å²) in [7, 11) is 0. The highest BCUT2D eigenvalue weighted by atomic mass is 19.1. The lowest BCUT2D eigenvalue weighted by Crippen LogP contribution is -2.44. The molecular weight excluding hydrogens is 458 g/mol. The maximum absolute atomic E-state index is 14.1. The summed E-state index contributed by atoms with van der Waals surface area (Å²) in [5.41, 5.74) is 2.91. The summed E-state index contributed by atoms with van der Waals surface area (Å²) in [6.07, 6.45) is -0.690. The molecule has 180 valence electrons. The summed E-state index contributed by atoms with van der Waals surface area (Å²) in [5.74, 6) is -4.98. The standard InChI is InChI=1S/C26H22F2N2O5/c1-2-22(24(31)29-23-11-18(25(32)33)20(27)12-21(23)28)30-26(34)35-13-19-16-9-5-3-7-14(16)15-8-4-6-10-17(15)19/h3-12,19,22H,2,13H2,1H3,(H,29,31)(H,30,34)(H,32,33)/t22-/m0/s1. The van der Waals surface area contributed by atoms with E-state index >= 15 is 0 Å². The molecule has 0 radical (unpaired) electrons. The molecule has 0 aliphatic heterocycles. The molecule has 3 aromatic carbocycles. The fourth-order valence-electron chi connectivity index (χ4n) is 4.16. The highest BCUT2D eigenvalue weighted by Gasteiger charge is 2.30. The zero-order valence-corrected chi connectivity index (χ0v) is 18.7. The molecule has 3 N–H and O–H groups in total. The molecule has 1 aliphatic rings. The second-order valence-corrected chi connectivity index (χ2v) is 8.04. The second-order valence-electron chi connectivity index (χ2n) is 8.04. The van der Waals surface area contributed by atoms with Gasteiger partial charge in [-0.2, -0.15) is 0 Å². The van der Waals surface area contributed by atoms with Gasteiger partial charge in [-0.25, -0.2) is 18.4 Å². The third-order valence-electron chi connectivity index (χ3n) is 5.91. The van der Waals surface area contributed by atoms with E-state index in [2.05, 4.69) is 10.6 Å². The van der Waals surface area contributed by atoms with Gasteiger partial charge in [0.15, 0.2) is 0 Å². The Kier molecular flexibility index (Phi) is 6.77. The zero-order chi connectivity index (χ0) is 25.1. The smallest absolute Gasteiger partial charge is 0.407 e. The normalized spacial score (nSPS) is 12.9. The summed E-state index contributed by atoms with van der Waals surface area (Å²) in [5, 5.41) is 13.7. The first kappa shape index (κ1) is 23.9. The summed E-state index contributed by atoms with van der Waals surface area (Å²) in [6, 6.07) is 15.7. The Balaban J connectivity index is 1.41. The van der Waals surface area contributed by atoms with E-state index in [-0.39, 0.29) is 18.9 Å². The van der Waals surface area contributed by atoms with Crippen LogP contribution < -0.4 is 10.6 Å². The number of hydrogen-bond donors (Lipinski definition) is 3. The number of benzene rings is 3. The minimum Gasteiger partial charge on any atom is -0.478 e. The number of alkyl carbamates (subject to hydrolysis) is 1. The van der Waals surface area contributed by atoms with E-state index in [0.717, 1.165) is 22.3 Å². The SMILES string of the molecule is CC[C@H](NC(=O)OCC1c2ccccc2-c2ccccc21)C(=O)Nc1cc(C(=O)O)c(F)cc1F. The molecule has 9 heteroatoms. The van der Waals surface area contributed by atoms with Gasteiger partial charge >= 0.3 is 12.1 Å². The Morgan fingerprint density at radius 1 is 0.971 bits per heavy atom. The summed E-state index contributed by atoms with van der Waals surface area (Å²) >= 11 is 0. The molecule has 4 rings (SSSR count). The lowest BCUT2D eigenvalue weighted by Gasteiger charge is -2.19. The zero-order valence-electron chi connectivity index (χ0n) is 18.7. The van der Waals surface area contributed by atoms with Crippen LogP contribution in [0.15, 0.2) is 60.7 Å². The number of carbonyl (C=O) groups is 3. The van der Waals surface area contributed by atoms with E-state index < -0.39 is 46.9 Å². The molecule has 3 aromatic rings. The van der Waals surface area contributed by atoms with Crippen molar-refractivity contribution in [3.05, 3.63) is 89.0 Å². The Morgan fingerprint density at radius 2 is 1.57 bits per heavy atom.